The van der Waals surface area contributed by atoms with Gasteiger partial charge >= 0.3 is 0 Å². The van der Waals surface area contributed by atoms with E-state index in [1.807, 2.05) is 0 Å². The second kappa shape index (κ2) is 4.84. The van der Waals surface area contributed by atoms with Gasteiger partial charge in [0.2, 0.25) is 0 Å². The van der Waals surface area contributed by atoms with Crippen molar-refractivity contribution in [3.63, 3.8) is 0 Å². The number of likely N-dealkylation sites (tertiary alicyclic amines) is 2. The van der Waals surface area contributed by atoms with Crippen molar-refractivity contribution >= 4 is 0 Å². The third kappa shape index (κ3) is 2.50. The van der Waals surface area contributed by atoms with Crippen LogP contribution in [0.25, 0.3) is 0 Å². The van der Waals surface area contributed by atoms with E-state index < -0.39 is 0 Å². The first-order valence-corrected chi connectivity index (χ1v) is 7.07. The topological polar surface area (TPSA) is 13.0 Å². The largest absolute Gasteiger partial charge is 0.305 e. The molecule has 3 heterocycles. The Morgan fingerprint density at radius 1 is 0.647 bits per heavy atom. The molecule has 0 aromatic heterocycles. The Morgan fingerprint density at radius 3 is 1.65 bits per heavy atom. The minimum absolute atomic E-state index is 0.839. The van der Waals surface area contributed by atoms with Crippen molar-refractivity contribution in [3.8, 4) is 0 Å². The SMILES string of the molecule is CN1CCC(N2CCN(C3CN(C)C3)CC2)C1. The maximum absolute atomic E-state index is 2.72. The van der Waals surface area contributed by atoms with Crippen LogP contribution in [0.15, 0.2) is 0 Å². The van der Waals surface area contributed by atoms with Crippen molar-refractivity contribution in [1.82, 2.24) is 19.6 Å². The molecule has 3 aliphatic heterocycles. The molecule has 1 unspecified atom stereocenters. The first kappa shape index (κ1) is 11.9. The summed E-state index contributed by atoms with van der Waals surface area (Å²) in [5.41, 5.74) is 0. The Morgan fingerprint density at radius 2 is 1.18 bits per heavy atom. The second-order valence-corrected chi connectivity index (χ2v) is 6.15. The minimum atomic E-state index is 0.839. The zero-order valence-corrected chi connectivity index (χ0v) is 11.3. The molecule has 3 aliphatic rings. The maximum atomic E-state index is 2.72. The van der Waals surface area contributed by atoms with Gasteiger partial charge in [-0.1, -0.05) is 0 Å². The molecular formula is C13H26N4. The molecular weight excluding hydrogens is 212 g/mol. The van der Waals surface area contributed by atoms with Crippen LogP contribution in [-0.4, -0.2) is 98.1 Å². The van der Waals surface area contributed by atoms with Crippen LogP contribution in [0.2, 0.25) is 0 Å². The van der Waals surface area contributed by atoms with Gasteiger partial charge in [0.1, 0.15) is 0 Å². The molecule has 4 nitrogen and oxygen atoms in total. The third-order valence-electron chi connectivity index (χ3n) is 4.79. The number of rotatable bonds is 2. The van der Waals surface area contributed by atoms with Crippen LogP contribution < -0.4 is 0 Å². The predicted molar refractivity (Wildman–Crippen MR) is 70.3 cm³/mol. The van der Waals surface area contributed by atoms with Crippen molar-refractivity contribution < 1.29 is 0 Å². The molecule has 0 spiro atoms. The lowest BCUT2D eigenvalue weighted by atomic mass is 10.1. The summed E-state index contributed by atoms with van der Waals surface area (Å²) in [5.74, 6) is 0. The molecule has 3 saturated heterocycles. The Bertz CT molecular complexity index is 256. The highest BCUT2D eigenvalue weighted by atomic mass is 15.4. The Labute approximate surface area is 105 Å². The minimum Gasteiger partial charge on any atom is -0.305 e. The fourth-order valence-corrected chi connectivity index (χ4v) is 3.57. The quantitative estimate of drug-likeness (QED) is 0.650. The average Bonchev–Trinajstić information content (AvgIpc) is 2.72. The lowest BCUT2D eigenvalue weighted by Gasteiger charge is -2.47. The summed E-state index contributed by atoms with van der Waals surface area (Å²) in [5, 5.41) is 0. The molecule has 0 radical (unpaired) electrons. The van der Waals surface area contributed by atoms with Gasteiger partial charge < -0.3 is 9.80 Å². The van der Waals surface area contributed by atoms with E-state index in [0.717, 1.165) is 12.1 Å². The van der Waals surface area contributed by atoms with E-state index in [2.05, 4.69) is 33.7 Å². The van der Waals surface area contributed by atoms with E-state index >= 15 is 0 Å². The highest BCUT2D eigenvalue weighted by Gasteiger charge is 2.33. The van der Waals surface area contributed by atoms with Gasteiger partial charge in [-0.2, -0.15) is 0 Å². The van der Waals surface area contributed by atoms with Crippen LogP contribution in [0.1, 0.15) is 6.42 Å². The van der Waals surface area contributed by atoms with E-state index in [1.54, 1.807) is 0 Å². The molecule has 0 saturated carbocycles. The number of piperazine rings is 1. The van der Waals surface area contributed by atoms with Gasteiger partial charge in [-0.05, 0) is 27.1 Å². The Hall–Kier alpha value is -0.160. The van der Waals surface area contributed by atoms with Gasteiger partial charge in [0, 0.05) is 57.9 Å². The number of nitrogens with zero attached hydrogens (tertiary/aromatic N) is 4. The van der Waals surface area contributed by atoms with E-state index in [0.29, 0.717) is 0 Å². The van der Waals surface area contributed by atoms with Crippen molar-refractivity contribution in [3.05, 3.63) is 0 Å². The normalized spacial score (nSPS) is 35.3. The predicted octanol–water partition coefficient (Wildman–Crippen LogP) is -0.378. The Kier molecular flexibility index (Phi) is 3.39. The van der Waals surface area contributed by atoms with Crippen LogP contribution in [0.3, 0.4) is 0 Å². The molecule has 0 aromatic carbocycles. The molecule has 17 heavy (non-hydrogen) atoms. The molecule has 4 heteroatoms. The summed E-state index contributed by atoms with van der Waals surface area (Å²) in [7, 11) is 4.47. The summed E-state index contributed by atoms with van der Waals surface area (Å²) < 4.78 is 0. The molecule has 0 bridgehead atoms. The van der Waals surface area contributed by atoms with Crippen molar-refractivity contribution in [2.24, 2.45) is 0 Å². The van der Waals surface area contributed by atoms with E-state index in [9.17, 15) is 0 Å². The maximum Gasteiger partial charge on any atom is 0.0351 e. The van der Waals surface area contributed by atoms with Gasteiger partial charge in [0.15, 0.2) is 0 Å². The molecule has 0 amide bonds. The Balaban J connectivity index is 1.44. The van der Waals surface area contributed by atoms with Crippen molar-refractivity contribution in [1.29, 1.82) is 0 Å². The number of hydrogen-bond acceptors (Lipinski definition) is 4. The highest BCUT2D eigenvalue weighted by Crippen LogP contribution is 2.19. The van der Waals surface area contributed by atoms with Crippen molar-refractivity contribution in [2.75, 3.05) is 66.5 Å². The molecule has 0 N–H and O–H groups in total. The summed E-state index contributed by atoms with van der Waals surface area (Å²) in [4.78, 5) is 10.3. The van der Waals surface area contributed by atoms with Crippen LogP contribution in [0.5, 0.6) is 0 Å². The van der Waals surface area contributed by atoms with Gasteiger partial charge in [-0.15, -0.1) is 0 Å². The fourth-order valence-electron chi connectivity index (χ4n) is 3.57. The second-order valence-electron chi connectivity index (χ2n) is 6.15. The van der Waals surface area contributed by atoms with Crippen LogP contribution in [0.4, 0.5) is 0 Å². The number of likely N-dealkylation sites (N-methyl/N-ethyl adjacent to an activating group) is 2. The smallest absolute Gasteiger partial charge is 0.0351 e. The lowest BCUT2D eigenvalue weighted by Crippen LogP contribution is -2.62. The van der Waals surface area contributed by atoms with Gasteiger partial charge in [0.25, 0.3) is 0 Å². The molecule has 0 aromatic rings. The fraction of sp³-hybridized carbons (Fsp3) is 1.00. The first-order chi connectivity index (χ1) is 8.22. The van der Waals surface area contributed by atoms with Gasteiger partial charge in [0.05, 0.1) is 0 Å². The summed E-state index contributed by atoms with van der Waals surface area (Å²) in [6.45, 7) is 10.3. The summed E-state index contributed by atoms with van der Waals surface area (Å²) in [6, 6.07) is 1.69. The zero-order chi connectivity index (χ0) is 11.8. The van der Waals surface area contributed by atoms with Gasteiger partial charge in [-0.25, -0.2) is 0 Å². The molecule has 98 valence electrons. The third-order valence-corrected chi connectivity index (χ3v) is 4.79. The van der Waals surface area contributed by atoms with Crippen LogP contribution in [0, 0.1) is 0 Å². The molecule has 3 fully saturated rings. The van der Waals surface area contributed by atoms with Crippen molar-refractivity contribution in [2.45, 2.75) is 18.5 Å². The highest BCUT2D eigenvalue weighted by molar-refractivity contribution is 4.91. The molecule has 1 atom stereocenters. The van der Waals surface area contributed by atoms with E-state index in [-0.39, 0.29) is 0 Å². The molecule has 3 rings (SSSR count). The summed E-state index contributed by atoms with van der Waals surface area (Å²) >= 11 is 0. The summed E-state index contributed by atoms with van der Waals surface area (Å²) in [6.07, 6.45) is 1.38. The first-order valence-electron chi connectivity index (χ1n) is 7.07. The zero-order valence-electron chi connectivity index (χ0n) is 11.3. The van der Waals surface area contributed by atoms with E-state index in [4.69, 9.17) is 0 Å². The van der Waals surface area contributed by atoms with Crippen LogP contribution in [-0.2, 0) is 0 Å². The lowest BCUT2D eigenvalue weighted by molar-refractivity contribution is 0.00857. The van der Waals surface area contributed by atoms with Crippen LogP contribution >= 0.6 is 0 Å². The monoisotopic (exact) mass is 238 g/mol. The average molecular weight is 238 g/mol. The number of hydrogen-bond donors (Lipinski definition) is 0. The van der Waals surface area contributed by atoms with E-state index in [1.165, 1.54) is 58.8 Å². The standard InChI is InChI=1S/C13H26N4/c1-14-4-3-12(9-14)16-5-7-17(8-6-16)13-10-15(2)11-13/h12-13H,3-11H2,1-2H3. The molecule has 0 aliphatic carbocycles. The van der Waals surface area contributed by atoms with Gasteiger partial charge in [-0.3, -0.25) is 9.80 Å².